The lowest BCUT2D eigenvalue weighted by Gasteiger charge is -2.36. The number of benzene rings is 3. The molecule has 3 aromatic heterocycles. The minimum absolute atomic E-state index is 0.112. The molecule has 10 nitrogen and oxygen atoms in total. The number of carbonyl (C=O) groups is 3. The van der Waals surface area contributed by atoms with Gasteiger partial charge in [0.25, 0.3) is 20.1 Å². The maximum Gasteiger partial charge on any atom is 0.340 e. The van der Waals surface area contributed by atoms with Crippen LogP contribution in [0, 0.1) is 6.92 Å². The number of methoxy groups -OCH3 is 1. The Bertz CT molecular complexity index is 2400. The third-order valence-corrected chi connectivity index (χ3v) is 15.4. The van der Waals surface area contributed by atoms with Crippen LogP contribution in [-0.2, 0) is 4.74 Å². The summed E-state index contributed by atoms with van der Waals surface area (Å²) in [6.07, 6.45) is 0. The fourth-order valence-corrected chi connectivity index (χ4v) is 8.14. The Hall–Kier alpha value is -4.52. The number of esters is 1. The number of nitrogens with zero attached hydrogens (tertiary/aromatic N) is 1. The van der Waals surface area contributed by atoms with E-state index in [-0.39, 0.29) is 41.0 Å². The van der Waals surface area contributed by atoms with Gasteiger partial charge < -0.3 is 33.8 Å². The van der Waals surface area contributed by atoms with Gasteiger partial charge in [0.05, 0.1) is 23.9 Å². The van der Waals surface area contributed by atoms with E-state index in [0.29, 0.717) is 55.9 Å². The molecule has 4 heterocycles. The van der Waals surface area contributed by atoms with E-state index in [1.54, 1.807) is 35.2 Å². The SMILES string of the molecule is COC(=O)c1c(C)[nH]c2c(O[Si](C)(C)C(C)(C)C)cc3c(c12)[C@H](CCl)CN3C(=O)c1cc2cc(NC(=O)c3cc4cc(Br)ccc4[nH]3)ccc2o1. The van der Waals surface area contributed by atoms with E-state index in [2.05, 4.69) is 65.1 Å². The Kier molecular flexibility index (Phi) is 8.63. The fourth-order valence-electron chi connectivity index (χ4n) is 6.50. The number of ether oxygens (including phenoxy) is 1. The minimum Gasteiger partial charge on any atom is -0.542 e. The third kappa shape index (κ3) is 6.02. The van der Waals surface area contributed by atoms with Crippen molar-refractivity contribution in [1.29, 1.82) is 0 Å². The van der Waals surface area contributed by atoms with Crippen LogP contribution in [0.25, 0.3) is 32.8 Å². The van der Waals surface area contributed by atoms with Gasteiger partial charge in [0.2, 0.25) is 0 Å². The summed E-state index contributed by atoms with van der Waals surface area (Å²) >= 11 is 10.0. The first kappa shape index (κ1) is 34.9. The molecule has 0 bridgehead atoms. The molecule has 1 aliphatic rings. The van der Waals surface area contributed by atoms with E-state index in [0.717, 1.165) is 20.9 Å². The Morgan fingerprint density at radius 2 is 1.82 bits per heavy atom. The summed E-state index contributed by atoms with van der Waals surface area (Å²) in [4.78, 5) is 48.9. The van der Waals surface area contributed by atoms with Crippen LogP contribution < -0.4 is 14.6 Å². The first-order chi connectivity index (χ1) is 24.1. The summed E-state index contributed by atoms with van der Waals surface area (Å²) in [6.45, 7) is 12.9. The number of nitrogens with one attached hydrogen (secondary N) is 3. The smallest absolute Gasteiger partial charge is 0.340 e. The number of furan rings is 1. The predicted molar refractivity (Wildman–Crippen MR) is 208 cm³/mol. The van der Waals surface area contributed by atoms with Crippen LogP contribution in [0.4, 0.5) is 11.4 Å². The van der Waals surface area contributed by atoms with E-state index in [1.807, 2.05) is 31.2 Å². The van der Waals surface area contributed by atoms with Crippen molar-refractivity contribution in [3.05, 3.63) is 87.3 Å². The molecule has 0 unspecified atom stereocenters. The molecule has 3 aromatic carbocycles. The number of rotatable bonds is 7. The molecule has 13 heteroatoms. The number of H-pyrrole nitrogens is 2. The number of halogens is 2. The van der Waals surface area contributed by atoms with Gasteiger partial charge >= 0.3 is 5.97 Å². The molecule has 3 N–H and O–H groups in total. The Balaban J connectivity index is 1.26. The van der Waals surface area contributed by atoms with Gasteiger partial charge in [-0.1, -0.05) is 36.7 Å². The predicted octanol–water partition coefficient (Wildman–Crippen LogP) is 9.87. The van der Waals surface area contributed by atoms with Crippen molar-refractivity contribution >= 4 is 97.8 Å². The van der Waals surface area contributed by atoms with E-state index in [1.165, 1.54) is 7.11 Å². The van der Waals surface area contributed by atoms with Gasteiger partial charge in [-0.3, -0.25) is 9.59 Å². The molecule has 1 aliphatic heterocycles. The van der Waals surface area contributed by atoms with E-state index >= 15 is 0 Å². The van der Waals surface area contributed by atoms with Crippen LogP contribution in [0.2, 0.25) is 18.1 Å². The first-order valence-corrected chi connectivity index (χ1v) is 20.8. The van der Waals surface area contributed by atoms with Crippen molar-refractivity contribution in [3.8, 4) is 5.75 Å². The van der Waals surface area contributed by atoms with E-state index in [4.69, 9.17) is 25.2 Å². The number of alkyl halides is 1. The van der Waals surface area contributed by atoms with Crippen LogP contribution >= 0.6 is 27.5 Å². The van der Waals surface area contributed by atoms with Crippen LogP contribution in [0.5, 0.6) is 5.75 Å². The second kappa shape index (κ2) is 12.6. The van der Waals surface area contributed by atoms with Gasteiger partial charge in [0, 0.05) is 61.9 Å². The Morgan fingerprint density at radius 3 is 2.53 bits per heavy atom. The highest BCUT2D eigenvalue weighted by atomic mass is 79.9. The first-order valence-electron chi connectivity index (χ1n) is 16.6. The molecule has 0 spiro atoms. The number of carbonyl (C=O) groups excluding carboxylic acids is 3. The maximum atomic E-state index is 14.4. The summed E-state index contributed by atoms with van der Waals surface area (Å²) in [5.41, 5.74) is 5.42. The van der Waals surface area contributed by atoms with Gasteiger partial charge in [0.1, 0.15) is 17.0 Å². The summed E-state index contributed by atoms with van der Waals surface area (Å²) in [7, 11) is -1.02. The average Bonchev–Trinajstić information content (AvgIpc) is 3.85. The summed E-state index contributed by atoms with van der Waals surface area (Å²) in [5.74, 6) is -0.506. The molecule has 0 fully saturated rings. The van der Waals surface area contributed by atoms with Gasteiger partial charge in [-0.25, -0.2) is 4.79 Å². The maximum absolute atomic E-state index is 14.4. The Labute approximate surface area is 309 Å². The molecule has 0 saturated heterocycles. The fraction of sp³-hybridized carbons (Fsp3) is 0.289. The highest BCUT2D eigenvalue weighted by Crippen LogP contribution is 2.49. The van der Waals surface area contributed by atoms with Gasteiger partial charge in [-0.2, -0.15) is 0 Å². The lowest BCUT2D eigenvalue weighted by Crippen LogP contribution is -2.44. The lowest BCUT2D eigenvalue weighted by atomic mass is 9.95. The average molecular weight is 790 g/mol. The second-order valence-electron chi connectivity index (χ2n) is 14.5. The molecule has 0 aliphatic carbocycles. The normalized spacial score (nSPS) is 14.8. The monoisotopic (exact) mass is 788 g/mol. The van der Waals surface area contributed by atoms with E-state index in [9.17, 15) is 14.4 Å². The standard InChI is InChI=1S/C38H38BrClN4O6Si/c1-19-31(37(47)48-5)33-32-22(17-40)18-44(27(32)16-29(34(33)41-19)50-51(6,7)38(2,3)4)36(46)30-15-21-13-24(9-11-28(21)49-30)42-35(45)26-14-20-12-23(39)8-10-25(20)43-26/h8-16,22,41,43H,17-18H2,1-7H3,(H,42,45)/t22-/m1/s1. The third-order valence-electron chi connectivity index (χ3n) is 10.2. The summed E-state index contributed by atoms with van der Waals surface area (Å²) in [5, 5.41) is 5.04. The topological polar surface area (TPSA) is 130 Å². The van der Waals surface area contributed by atoms with Gasteiger partial charge in [-0.15, -0.1) is 11.6 Å². The number of amides is 2. The molecule has 1 atom stereocenters. The summed E-state index contributed by atoms with van der Waals surface area (Å²) < 4.78 is 19.1. The number of hydrogen-bond acceptors (Lipinski definition) is 6. The molecule has 0 radical (unpaired) electrons. The van der Waals surface area contributed by atoms with Crippen LogP contribution in [0.1, 0.15) is 69.3 Å². The lowest BCUT2D eigenvalue weighted by molar-refractivity contribution is 0.0602. The number of aromatic amines is 2. The van der Waals surface area contributed by atoms with Crippen LogP contribution in [0.3, 0.4) is 0 Å². The van der Waals surface area contributed by atoms with Crippen molar-refractivity contribution in [1.82, 2.24) is 9.97 Å². The van der Waals surface area contributed by atoms with Gasteiger partial charge in [-0.05, 0) is 79.2 Å². The quantitative estimate of drug-likeness (QED) is 0.0839. The van der Waals surface area contributed by atoms with Crippen molar-refractivity contribution in [3.63, 3.8) is 0 Å². The number of aryl methyl sites for hydroxylation is 1. The van der Waals surface area contributed by atoms with Crippen LogP contribution in [-0.4, -0.2) is 55.6 Å². The largest absolute Gasteiger partial charge is 0.542 e. The molecular formula is C38H38BrClN4O6Si. The zero-order valence-corrected chi connectivity index (χ0v) is 32.7. The van der Waals surface area contributed by atoms with E-state index < -0.39 is 14.3 Å². The minimum atomic E-state index is -2.37. The van der Waals surface area contributed by atoms with Crippen molar-refractivity contribution in [2.45, 2.75) is 51.7 Å². The number of aromatic nitrogens is 2. The number of anilines is 2. The highest BCUT2D eigenvalue weighted by Gasteiger charge is 2.42. The second-order valence-corrected chi connectivity index (χ2v) is 20.5. The highest BCUT2D eigenvalue weighted by molar-refractivity contribution is 9.10. The van der Waals surface area contributed by atoms with Gasteiger partial charge in [0.15, 0.2) is 5.76 Å². The molecule has 7 rings (SSSR count). The molecule has 2 amide bonds. The van der Waals surface area contributed by atoms with Crippen LogP contribution in [0.15, 0.2) is 63.5 Å². The number of hydrogen-bond donors (Lipinski definition) is 3. The zero-order valence-electron chi connectivity index (χ0n) is 29.3. The molecule has 51 heavy (non-hydrogen) atoms. The van der Waals surface area contributed by atoms with Crippen molar-refractivity contribution in [2.75, 3.05) is 29.8 Å². The van der Waals surface area contributed by atoms with Crippen molar-refractivity contribution in [2.24, 2.45) is 0 Å². The molecular weight excluding hydrogens is 752 g/mol. The molecule has 0 saturated carbocycles. The Morgan fingerprint density at radius 1 is 1.06 bits per heavy atom. The number of fused-ring (bicyclic) bond motifs is 5. The molecule has 264 valence electrons. The van der Waals surface area contributed by atoms with Crippen molar-refractivity contribution < 1.29 is 28.0 Å². The zero-order chi connectivity index (χ0) is 36.6. The molecule has 6 aromatic rings. The summed E-state index contributed by atoms with van der Waals surface area (Å²) in [6, 6.07) is 16.3.